The van der Waals surface area contributed by atoms with E-state index in [9.17, 15) is 4.79 Å². The molecule has 1 amide bonds. The Morgan fingerprint density at radius 2 is 1.88 bits per heavy atom. The van der Waals surface area contributed by atoms with Gasteiger partial charge in [0.15, 0.2) is 0 Å². The summed E-state index contributed by atoms with van der Waals surface area (Å²) in [5, 5.41) is 3.00. The van der Waals surface area contributed by atoms with Crippen molar-refractivity contribution in [2.45, 2.75) is 32.4 Å². The molecule has 26 heavy (non-hydrogen) atoms. The highest BCUT2D eigenvalue weighted by Gasteiger charge is 2.32. The van der Waals surface area contributed by atoms with E-state index >= 15 is 0 Å². The van der Waals surface area contributed by atoms with Gasteiger partial charge in [-0.1, -0.05) is 37.6 Å². The Hall–Kier alpha value is -2.53. The molecule has 0 bridgehead atoms. The molecule has 1 aliphatic rings. The number of hydrogen-bond acceptors (Lipinski definition) is 4. The van der Waals surface area contributed by atoms with Crippen molar-refractivity contribution in [1.82, 2.24) is 0 Å². The van der Waals surface area contributed by atoms with Crippen LogP contribution in [0.5, 0.6) is 5.75 Å². The molecule has 0 aromatic heterocycles. The summed E-state index contributed by atoms with van der Waals surface area (Å²) in [6.45, 7) is 3.83. The van der Waals surface area contributed by atoms with Crippen LogP contribution < -0.4 is 15.0 Å². The molecule has 2 aromatic rings. The first kappa shape index (κ1) is 18.3. The van der Waals surface area contributed by atoms with E-state index in [1.54, 1.807) is 7.11 Å². The van der Waals surface area contributed by atoms with Gasteiger partial charge < -0.3 is 19.7 Å². The molecule has 1 unspecified atom stereocenters. The number of nitrogens with zero attached hydrogens (tertiary/aromatic N) is 1. The highest BCUT2D eigenvalue weighted by Crippen LogP contribution is 2.33. The Kier molecular flexibility index (Phi) is 6.12. The predicted octanol–water partition coefficient (Wildman–Crippen LogP) is 3.84. The van der Waals surface area contributed by atoms with Crippen molar-refractivity contribution in [1.29, 1.82) is 0 Å². The third kappa shape index (κ3) is 4.17. The standard InChI is InChI=1S/C21H26N2O3/c1-3-4-13-26-15-20-21(24)22-18-7-5-6-8-19(18)23(20)14-16-9-11-17(25-2)12-10-16/h5-12,20H,3-4,13-15H2,1-2H3,(H,22,24). The Bertz CT molecular complexity index is 730. The molecule has 1 atom stereocenters. The van der Waals surface area contributed by atoms with Crippen LogP contribution in [0, 0.1) is 0 Å². The summed E-state index contributed by atoms with van der Waals surface area (Å²) in [7, 11) is 1.66. The Morgan fingerprint density at radius 1 is 1.12 bits per heavy atom. The number of hydrogen-bond donors (Lipinski definition) is 1. The fourth-order valence-electron chi connectivity index (χ4n) is 3.09. The van der Waals surface area contributed by atoms with Crippen LogP contribution in [0.1, 0.15) is 25.3 Å². The molecule has 5 heteroatoms. The minimum absolute atomic E-state index is 0.0197. The van der Waals surface area contributed by atoms with Crippen molar-refractivity contribution in [2.24, 2.45) is 0 Å². The van der Waals surface area contributed by atoms with E-state index in [0.717, 1.165) is 35.5 Å². The molecule has 1 aliphatic heterocycles. The zero-order valence-electron chi connectivity index (χ0n) is 15.4. The fourth-order valence-corrected chi connectivity index (χ4v) is 3.09. The van der Waals surface area contributed by atoms with E-state index in [-0.39, 0.29) is 11.9 Å². The van der Waals surface area contributed by atoms with Crippen molar-refractivity contribution >= 4 is 17.3 Å². The summed E-state index contributed by atoms with van der Waals surface area (Å²) in [6.07, 6.45) is 2.08. The average molecular weight is 354 g/mol. The molecular formula is C21H26N2O3. The largest absolute Gasteiger partial charge is 0.497 e. The molecule has 138 valence electrons. The monoisotopic (exact) mass is 354 g/mol. The third-order valence-electron chi connectivity index (χ3n) is 4.58. The van der Waals surface area contributed by atoms with Crippen molar-refractivity contribution in [2.75, 3.05) is 30.5 Å². The second-order valence-corrected chi connectivity index (χ2v) is 6.43. The first-order valence-corrected chi connectivity index (χ1v) is 9.10. The van der Waals surface area contributed by atoms with Crippen LogP contribution in [0.15, 0.2) is 48.5 Å². The number of benzene rings is 2. The van der Waals surface area contributed by atoms with Crippen LogP contribution in [-0.4, -0.2) is 32.3 Å². The van der Waals surface area contributed by atoms with Crippen LogP contribution in [0.3, 0.4) is 0 Å². The fraction of sp³-hybridized carbons (Fsp3) is 0.381. The van der Waals surface area contributed by atoms with Crippen LogP contribution in [-0.2, 0) is 16.1 Å². The molecule has 3 rings (SSSR count). The van der Waals surface area contributed by atoms with Gasteiger partial charge in [-0.2, -0.15) is 0 Å². The first-order chi connectivity index (χ1) is 12.7. The second-order valence-electron chi connectivity index (χ2n) is 6.43. The van der Waals surface area contributed by atoms with Gasteiger partial charge >= 0.3 is 0 Å². The number of nitrogens with one attached hydrogen (secondary N) is 1. The van der Waals surface area contributed by atoms with Crippen LogP contribution in [0.4, 0.5) is 11.4 Å². The highest BCUT2D eigenvalue weighted by atomic mass is 16.5. The molecule has 0 fully saturated rings. The van der Waals surface area contributed by atoms with Crippen LogP contribution in [0.25, 0.3) is 0 Å². The number of ether oxygens (including phenoxy) is 2. The molecule has 0 spiro atoms. The number of amides is 1. The second kappa shape index (κ2) is 8.72. The lowest BCUT2D eigenvalue weighted by molar-refractivity contribution is -0.119. The number of carbonyl (C=O) groups excluding carboxylic acids is 1. The minimum atomic E-state index is -0.344. The number of carbonyl (C=O) groups is 1. The van der Waals surface area contributed by atoms with Crippen LogP contribution in [0.2, 0.25) is 0 Å². The summed E-state index contributed by atoms with van der Waals surface area (Å²) >= 11 is 0. The molecule has 0 radical (unpaired) electrons. The van der Waals surface area contributed by atoms with Gasteiger partial charge in [0.05, 0.1) is 25.1 Å². The van der Waals surface area contributed by atoms with E-state index in [1.165, 1.54) is 0 Å². The number of fused-ring (bicyclic) bond motifs is 1. The maximum atomic E-state index is 12.7. The SMILES string of the molecule is CCCCOCC1C(=O)Nc2ccccc2N1Cc1ccc(OC)cc1. The van der Waals surface area contributed by atoms with Gasteiger partial charge in [-0.05, 0) is 36.2 Å². The first-order valence-electron chi connectivity index (χ1n) is 9.10. The van der Waals surface area contributed by atoms with E-state index in [4.69, 9.17) is 9.47 Å². The molecule has 2 aromatic carbocycles. The van der Waals surface area contributed by atoms with E-state index < -0.39 is 0 Å². The number of anilines is 2. The summed E-state index contributed by atoms with van der Waals surface area (Å²) < 4.78 is 11.0. The maximum Gasteiger partial charge on any atom is 0.249 e. The number of rotatable bonds is 8. The number of para-hydroxylation sites is 2. The summed E-state index contributed by atoms with van der Waals surface area (Å²) in [6, 6.07) is 15.5. The van der Waals surface area contributed by atoms with Crippen molar-refractivity contribution in [3.8, 4) is 5.75 Å². The van der Waals surface area contributed by atoms with E-state index in [2.05, 4.69) is 17.1 Å². The zero-order chi connectivity index (χ0) is 18.4. The number of methoxy groups -OCH3 is 1. The molecule has 1 heterocycles. The van der Waals surface area contributed by atoms with Crippen molar-refractivity contribution in [3.63, 3.8) is 0 Å². The minimum Gasteiger partial charge on any atom is -0.497 e. The predicted molar refractivity (Wildman–Crippen MR) is 104 cm³/mol. The van der Waals surface area contributed by atoms with Crippen molar-refractivity contribution < 1.29 is 14.3 Å². The van der Waals surface area contributed by atoms with Gasteiger partial charge in [-0.15, -0.1) is 0 Å². The van der Waals surface area contributed by atoms with Gasteiger partial charge in [-0.25, -0.2) is 0 Å². The number of unbranched alkanes of at least 4 members (excludes halogenated alkanes) is 1. The molecule has 5 nitrogen and oxygen atoms in total. The molecule has 0 saturated carbocycles. The third-order valence-corrected chi connectivity index (χ3v) is 4.58. The Labute approximate surface area is 154 Å². The van der Waals surface area contributed by atoms with Gasteiger partial charge in [0.2, 0.25) is 5.91 Å². The van der Waals surface area contributed by atoms with E-state index in [0.29, 0.717) is 19.8 Å². The summed E-state index contributed by atoms with van der Waals surface area (Å²) in [4.78, 5) is 14.8. The van der Waals surface area contributed by atoms with Gasteiger partial charge in [0, 0.05) is 13.2 Å². The van der Waals surface area contributed by atoms with E-state index in [1.807, 2.05) is 48.5 Å². The van der Waals surface area contributed by atoms with Gasteiger partial charge in [0.25, 0.3) is 0 Å². The average Bonchev–Trinajstić information content (AvgIpc) is 2.67. The topological polar surface area (TPSA) is 50.8 Å². The maximum absolute atomic E-state index is 12.7. The molecular weight excluding hydrogens is 328 g/mol. The van der Waals surface area contributed by atoms with Gasteiger partial charge in [0.1, 0.15) is 11.8 Å². The highest BCUT2D eigenvalue weighted by molar-refractivity contribution is 6.03. The Balaban J connectivity index is 1.82. The summed E-state index contributed by atoms with van der Waals surface area (Å²) in [5.74, 6) is 0.804. The summed E-state index contributed by atoms with van der Waals surface area (Å²) in [5.41, 5.74) is 2.98. The Morgan fingerprint density at radius 3 is 2.62 bits per heavy atom. The quantitative estimate of drug-likeness (QED) is 0.732. The molecule has 1 N–H and O–H groups in total. The molecule has 0 saturated heterocycles. The lowest BCUT2D eigenvalue weighted by atomic mass is 10.1. The van der Waals surface area contributed by atoms with Gasteiger partial charge in [-0.3, -0.25) is 4.79 Å². The van der Waals surface area contributed by atoms with Crippen LogP contribution >= 0.6 is 0 Å². The lowest BCUT2D eigenvalue weighted by Crippen LogP contribution is -2.50. The lowest BCUT2D eigenvalue weighted by Gasteiger charge is -2.38. The smallest absolute Gasteiger partial charge is 0.249 e. The zero-order valence-corrected chi connectivity index (χ0v) is 15.4. The molecule has 0 aliphatic carbocycles. The van der Waals surface area contributed by atoms with Crippen molar-refractivity contribution in [3.05, 3.63) is 54.1 Å². The normalized spacial score (nSPS) is 16.2.